The summed E-state index contributed by atoms with van der Waals surface area (Å²) in [7, 11) is 1.80. The van der Waals surface area contributed by atoms with Crippen LogP contribution in [0, 0.1) is 0 Å². The van der Waals surface area contributed by atoms with Crippen molar-refractivity contribution < 1.29 is 9.59 Å². The summed E-state index contributed by atoms with van der Waals surface area (Å²) in [4.78, 5) is 26.6. The van der Waals surface area contributed by atoms with Crippen molar-refractivity contribution in [3.8, 4) is 0 Å². The molecule has 1 aromatic heterocycles. The minimum Gasteiger partial charge on any atom is -0.341 e. The Kier molecular flexibility index (Phi) is 6.71. The highest BCUT2D eigenvalue weighted by Gasteiger charge is 2.16. The van der Waals surface area contributed by atoms with Gasteiger partial charge < -0.3 is 15.5 Å². The van der Waals surface area contributed by atoms with Gasteiger partial charge in [-0.1, -0.05) is 25.3 Å². The Morgan fingerprint density at radius 1 is 1.32 bits per heavy atom. The predicted octanol–water partition coefficient (Wildman–Crippen LogP) is 2.73. The van der Waals surface area contributed by atoms with Crippen molar-refractivity contribution in [3.05, 3.63) is 22.4 Å². The van der Waals surface area contributed by atoms with E-state index in [4.69, 9.17) is 0 Å². The molecule has 2 N–H and O–H groups in total. The van der Waals surface area contributed by atoms with Crippen molar-refractivity contribution in [2.45, 2.75) is 51.1 Å². The van der Waals surface area contributed by atoms with Crippen molar-refractivity contribution in [2.75, 3.05) is 13.6 Å². The first-order valence-electron chi connectivity index (χ1n) is 7.96. The van der Waals surface area contributed by atoms with Crippen molar-refractivity contribution in [1.29, 1.82) is 0 Å². The molecule has 1 fully saturated rings. The van der Waals surface area contributed by atoms with Gasteiger partial charge >= 0.3 is 6.03 Å². The molecule has 22 heavy (non-hydrogen) atoms. The van der Waals surface area contributed by atoms with Gasteiger partial charge in [-0.05, 0) is 24.3 Å². The van der Waals surface area contributed by atoms with Crippen LogP contribution < -0.4 is 10.6 Å². The first kappa shape index (κ1) is 16.8. The zero-order valence-corrected chi connectivity index (χ0v) is 14.0. The second-order valence-corrected chi connectivity index (χ2v) is 6.85. The molecule has 0 unspecified atom stereocenters. The Morgan fingerprint density at radius 2 is 2.09 bits per heavy atom. The summed E-state index contributed by atoms with van der Waals surface area (Å²) in [6.07, 6.45) is 6.12. The van der Waals surface area contributed by atoms with Crippen LogP contribution in [0.25, 0.3) is 0 Å². The fourth-order valence-corrected chi connectivity index (χ4v) is 3.44. The van der Waals surface area contributed by atoms with E-state index in [0.29, 0.717) is 25.6 Å². The van der Waals surface area contributed by atoms with Crippen LogP contribution in [0.5, 0.6) is 0 Å². The van der Waals surface area contributed by atoms with Crippen molar-refractivity contribution >= 4 is 23.3 Å². The number of rotatable bonds is 6. The van der Waals surface area contributed by atoms with Gasteiger partial charge in [0, 0.05) is 30.9 Å². The Morgan fingerprint density at radius 3 is 2.77 bits per heavy atom. The van der Waals surface area contributed by atoms with E-state index in [1.54, 1.807) is 23.3 Å². The van der Waals surface area contributed by atoms with Crippen LogP contribution in [-0.4, -0.2) is 36.5 Å². The van der Waals surface area contributed by atoms with E-state index in [0.717, 1.165) is 12.8 Å². The third-order valence-electron chi connectivity index (χ3n) is 3.96. The molecular weight excluding hydrogens is 298 g/mol. The Bertz CT molecular complexity index is 470. The van der Waals surface area contributed by atoms with Crippen LogP contribution in [0.3, 0.4) is 0 Å². The summed E-state index contributed by atoms with van der Waals surface area (Å²) in [6, 6.07) is 4.14. The molecular formula is C16H25N3O2S. The lowest BCUT2D eigenvalue weighted by Crippen LogP contribution is -2.43. The second-order valence-electron chi connectivity index (χ2n) is 5.81. The Balaban J connectivity index is 1.60. The van der Waals surface area contributed by atoms with E-state index in [1.807, 2.05) is 17.5 Å². The van der Waals surface area contributed by atoms with Crippen LogP contribution in [0.15, 0.2) is 17.5 Å². The topological polar surface area (TPSA) is 61.4 Å². The van der Waals surface area contributed by atoms with E-state index in [1.165, 1.54) is 24.1 Å². The average molecular weight is 323 g/mol. The standard InChI is InChI=1S/C16H25N3O2S/c1-19(12-14-8-5-11-22-14)15(20)9-10-17-16(21)18-13-6-3-2-4-7-13/h5,8,11,13H,2-4,6-7,9-10,12H2,1H3,(H2,17,18,21). The first-order valence-corrected chi connectivity index (χ1v) is 8.84. The van der Waals surface area contributed by atoms with Crippen LogP contribution in [0.1, 0.15) is 43.4 Å². The number of hydrogen-bond donors (Lipinski definition) is 2. The van der Waals surface area contributed by atoms with Crippen molar-refractivity contribution in [3.63, 3.8) is 0 Å². The smallest absolute Gasteiger partial charge is 0.315 e. The molecule has 1 heterocycles. The van der Waals surface area contributed by atoms with Gasteiger partial charge in [-0.3, -0.25) is 4.79 Å². The molecule has 0 bridgehead atoms. The van der Waals surface area contributed by atoms with E-state index >= 15 is 0 Å². The summed E-state index contributed by atoms with van der Waals surface area (Å²) in [6.45, 7) is 1.01. The number of hydrogen-bond acceptors (Lipinski definition) is 3. The number of carbonyl (C=O) groups excluding carboxylic acids is 2. The molecule has 0 radical (unpaired) electrons. The van der Waals surface area contributed by atoms with Crippen LogP contribution >= 0.6 is 11.3 Å². The maximum absolute atomic E-state index is 12.0. The number of nitrogens with zero attached hydrogens (tertiary/aromatic N) is 1. The summed E-state index contributed by atoms with van der Waals surface area (Å²) < 4.78 is 0. The van der Waals surface area contributed by atoms with Crippen LogP contribution in [0.4, 0.5) is 4.79 Å². The molecule has 0 aromatic carbocycles. The Hall–Kier alpha value is -1.56. The molecule has 2 rings (SSSR count). The van der Waals surface area contributed by atoms with E-state index in [-0.39, 0.29) is 11.9 Å². The van der Waals surface area contributed by atoms with Gasteiger partial charge in [-0.15, -0.1) is 11.3 Å². The summed E-state index contributed by atoms with van der Waals surface area (Å²) in [5.74, 6) is 0.0476. The molecule has 122 valence electrons. The zero-order chi connectivity index (χ0) is 15.8. The van der Waals surface area contributed by atoms with E-state index < -0.39 is 0 Å². The lowest BCUT2D eigenvalue weighted by Gasteiger charge is -2.23. The first-order chi connectivity index (χ1) is 10.6. The molecule has 1 aromatic rings. The largest absolute Gasteiger partial charge is 0.341 e. The van der Waals surface area contributed by atoms with Gasteiger partial charge in [0.2, 0.25) is 5.91 Å². The lowest BCUT2D eigenvalue weighted by atomic mass is 9.96. The number of carbonyl (C=O) groups is 2. The van der Waals surface area contributed by atoms with Gasteiger partial charge in [0.1, 0.15) is 0 Å². The molecule has 6 heteroatoms. The molecule has 0 spiro atoms. The third kappa shape index (κ3) is 5.67. The normalized spacial score (nSPS) is 15.3. The third-order valence-corrected chi connectivity index (χ3v) is 4.82. The van der Waals surface area contributed by atoms with Gasteiger partial charge in [0.15, 0.2) is 0 Å². The maximum Gasteiger partial charge on any atom is 0.315 e. The molecule has 1 aliphatic carbocycles. The minimum atomic E-state index is -0.152. The fourth-order valence-electron chi connectivity index (χ4n) is 2.68. The predicted molar refractivity (Wildman–Crippen MR) is 88.8 cm³/mol. The number of nitrogens with one attached hydrogen (secondary N) is 2. The molecule has 0 saturated heterocycles. The summed E-state index contributed by atoms with van der Waals surface area (Å²) in [5.41, 5.74) is 0. The molecule has 1 aliphatic rings. The van der Waals surface area contributed by atoms with Gasteiger partial charge in [0.05, 0.1) is 6.54 Å². The van der Waals surface area contributed by atoms with E-state index in [9.17, 15) is 9.59 Å². The maximum atomic E-state index is 12.0. The summed E-state index contributed by atoms with van der Waals surface area (Å²) in [5, 5.41) is 7.77. The van der Waals surface area contributed by atoms with Gasteiger partial charge in [0.25, 0.3) is 0 Å². The zero-order valence-electron chi connectivity index (χ0n) is 13.1. The minimum absolute atomic E-state index is 0.0476. The highest BCUT2D eigenvalue weighted by Crippen LogP contribution is 2.17. The molecule has 3 amide bonds. The number of amides is 3. The van der Waals surface area contributed by atoms with Crippen molar-refractivity contribution in [1.82, 2.24) is 15.5 Å². The highest BCUT2D eigenvalue weighted by molar-refractivity contribution is 7.09. The van der Waals surface area contributed by atoms with Gasteiger partial charge in [-0.2, -0.15) is 0 Å². The van der Waals surface area contributed by atoms with Crippen molar-refractivity contribution in [2.24, 2.45) is 0 Å². The second kappa shape index (κ2) is 8.78. The van der Waals surface area contributed by atoms with Gasteiger partial charge in [-0.25, -0.2) is 4.79 Å². The molecule has 0 atom stereocenters. The van der Waals surface area contributed by atoms with Crippen LogP contribution in [-0.2, 0) is 11.3 Å². The quantitative estimate of drug-likeness (QED) is 0.845. The van der Waals surface area contributed by atoms with Crippen LogP contribution in [0.2, 0.25) is 0 Å². The number of urea groups is 1. The summed E-state index contributed by atoms with van der Waals surface area (Å²) >= 11 is 1.64. The Labute approximate surface area is 136 Å². The molecule has 1 saturated carbocycles. The molecule has 5 nitrogen and oxygen atoms in total. The lowest BCUT2D eigenvalue weighted by molar-refractivity contribution is -0.130. The average Bonchev–Trinajstić information content (AvgIpc) is 3.01. The van der Waals surface area contributed by atoms with E-state index in [2.05, 4.69) is 10.6 Å². The molecule has 0 aliphatic heterocycles. The number of thiophene rings is 1. The monoisotopic (exact) mass is 323 g/mol. The SMILES string of the molecule is CN(Cc1cccs1)C(=O)CCNC(=O)NC1CCCCC1. The fraction of sp³-hybridized carbons (Fsp3) is 0.625. The highest BCUT2D eigenvalue weighted by atomic mass is 32.1.